The van der Waals surface area contributed by atoms with E-state index in [9.17, 15) is 9.59 Å². The molecule has 2 aliphatic rings. The molecule has 1 saturated heterocycles. The molecule has 0 aromatic rings. The van der Waals surface area contributed by atoms with E-state index in [-0.39, 0.29) is 23.8 Å². The highest BCUT2D eigenvalue weighted by molar-refractivity contribution is 5.80. The van der Waals surface area contributed by atoms with Gasteiger partial charge in [0, 0.05) is 31.6 Å². The zero-order chi connectivity index (χ0) is 14.0. The summed E-state index contributed by atoms with van der Waals surface area (Å²) in [6, 6.07) is 0.233. The SMILES string of the molecule is CC1CN(C)CCN1C(=O)C1CCCC(C(=O)O)C1. The van der Waals surface area contributed by atoms with Crippen LogP contribution in [0.1, 0.15) is 32.6 Å². The van der Waals surface area contributed by atoms with Crippen molar-refractivity contribution < 1.29 is 14.7 Å². The van der Waals surface area contributed by atoms with Crippen LogP contribution in [0.2, 0.25) is 0 Å². The summed E-state index contributed by atoms with van der Waals surface area (Å²) in [5.74, 6) is -0.985. The van der Waals surface area contributed by atoms with Crippen LogP contribution in [-0.2, 0) is 9.59 Å². The fraction of sp³-hybridized carbons (Fsp3) is 0.857. The van der Waals surface area contributed by atoms with Crippen molar-refractivity contribution in [1.82, 2.24) is 9.80 Å². The standard InChI is InChI=1S/C14H24N2O3/c1-10-9-15(2)6-7-16(10)13(17)11-4-3-5-12(8-11)14(18)19/h10-12H,3-9H2,1-2H3,(H,18,19). The Labute approximate surface area is 114 Å². The van der Waals surface area contributed by atoms with Crippen molar-refractivity contribution in [3.63, 3.8) is 0 Å². The molecule has 0 spiro atoms. The van der Waals surface area contributed by atoms with Gasteiger partial charge in [-0.25, -0.2) is 0 Å². The van der Waals surface area contributed by atoms with Gasteiger partial charge in [-0.1, -0.05) is 6.42 Å². The number of carboxylic acids is 1. The number of aliphatic carboxylic acids is 1. The Hall–Kier alpha value is -1.10. The van der Waals surface area contributed by atoms with Gasteiger partial charge in [0.1, 0.15) is 0 Å². The van der Waals surface area contributed by atoms with Crippen LogP contribution in [-0.4, -0.2) is 59.5 Å². The summed E-state index contributed by atoms with van der Waals surface area (Å²) in [5.41, 5.74) is 0. The molecule has 1 aliphatic carbocycles. The van der Waals surface area contributed by atoms with Crippen LogP contribution < -0.4 is 0 Å². The molecule has 3 unspecified atom stereocenters. The maximum Gasteiger partial charge on any atom is 0.306 e. The molecule has 5 nitrogen and oxygen atoms in total. The number of hydrogen-bond donors (Lipinski definition) is 1. The molecule has 1 heterocycles. The predicted molar refractivity (Wildman–Crippen MR) is 71.8 cm³/mol. The first kappa shape index (κ1) is 14.3. The van der Waals surface area contributed by atoms with Gasteiger partial charge in [0.15, 0.2) is 0 Å². The van der Waals surface area contributed by atoms with Crippen molar-refractivity contribution in [2.45, 2.75) is 38.6 Å². The zero-order valence-electron chi connectivity index (χ0n) is 11.8. The lowest BCUT2D eigenvalue weighted by molar-refractivity contribution is -0.146. The first-order valence-electron chi connectivity index (χ1n) is 7.21. The third-order valence-corrected chi connectivity index (χ3v) is 4.49. The topological polar surface area (TPSA) is 60.9 Å². The Morgan fingerprint density at radius 1 is 1.16 bits per heavy atom. The van der Waals surface area contributed by atoms with Gasteiger partial charge in [-0.2, -0.15) is 0 Å². The zero-order valence-corrected chi connectivity index (χ0v) is 11.8. The molecular weight excluding hydrogens is 244 g/mol. The third kappa shape index (κ3) is 3.26. The van der Waals surface area contributed by atoms with Crippen molar-refractivity contribution in [2.75, 3.05) is 26.7 Å². The highest BCUT2D eigenvalue weighted by Crippen LogP contribution is 2.31. The number of carboxylic acid groups (broad SMARTS) is 1. The molecule has 1 amide bonds. The van der Waals surface area contributed by atoms with Crippen molar-refractivity contribution >= 4 is 11.9 Å². The van der Waals surface area contributed by atoms with Crippen molar-refractivity contribution in [3.8, 4) is 0 Å². The number of nitrogens with zero attached hydrogens (tertiary/aromatic N) is 2. The summed E-state index contributed by atoms with van der Waals surface area (Å²) in [5, 5.41) is 9.10. The van der Waals surface area contributed by atoms with E-state index < -0.39 is 5.97 Å². The summed E-state index contributed by atoms with van der Waals surface area (Å²) in [6.07, 6.45) is 2.95. The second-order valence-electron chi connectivity index (χ2n) is 6.04. The van der Waals surface area contributed by atoms with Gasteiger partial charge in [0.25, 0.3) is 0 Å². The monoisotopic (exact) mass is 268 g/mol. The Kier molecular flexibility index (Phi) is 4.45. The lowest BCUT2D eigenvalue weighted by Gasteiger charge is -2.41. The number of amides is 1. The van der Waals surface area contributed by atoms with Crippen LogP contribution >= 0.6 is 0 Å². The van der Waals surface area contributed by atoms with E-state index in [1.165, 1.54) is 0 Å². The highest BCUT2D eigenvalue weighted by Gasteiger charge is 2.35. The average Bonchev–Trinajstić information content (AvgIpc) is 2.38. The van der Waals surface area contributed by atoms with Gasteiger partial charge in [-0.15, -0.1) is 0 Å². The highest BCUT2D eigenvalue weighted by atomic mass is 16.4. The van der Waals surface area contributed by atoms with Crippen molar-refractivity contribution in [1.29, 1.82) is 0 Å². The lowest BCUT2D eigenvalue weighted by atomic mass is 9.80. The van der Waals surface area contributed by atoms with E-state index in [2.05, 4.69) is 18.9 Å². The van der Waals surface area contributed by atoms with Crippen LogP contribution in [0.15, 0.2) is 0 Å². The first-order chi connectivity index (χ1) is 8.99. The van der Waals surface area contributed by atoms with Crippen LogP contribution in [0, 0.1) is 11.8 Å². The fourth-order valence-corrected chi connectivity index (χ4v) is 3.34. The minimum atomic E-state index is -0.746. The van der Waals surface area contributed by atoms with E-state index >= 15 is 0 Å². The number of piperazine rings is 1. The van der Waals surface area contributed by atoms with Crippen LogP contribution in [0.5, 0.6) is 0 Å². The van der Waals surface area contributed by atoms with Crippen molar-refractivity contribution in [3.05, 3.63) is 0 Å². The molecule has 108 valence electrons. The predicted octanol–water partition coefficient (Wildman–Crippen LogP) is 1.04. The van der Waals surface area contributed by atoms with E-state index in [4.69, 9.17) is 5.11 Å². The van der Waals surface area contributed by atoms with Gasteiger partial charge in [-0.3, -0.25) is 9.59 Å². The molecule has 2 fully saturated rings. The molecule has 3 atom stereocenters. The molecule has 0 bridgehead atoms. The van der Waals surface area contributed by atoms with Crippen LogP contribution in [0.3, 0.4) is 0 Å². The molecule has 1 saturated carbocycles. The fourth-order valence-electron chi connectivity index (χ4n) is 3.34. The Morgan fingerprint density at radius 3 is 2.47 bits per heavy atom. The van der Waals surface area contributed by atoms with Crippen molar-refractivity contribution in [2.24, 2.45) is 11.8 Å². The van der Waals surface area contributed by atoms with Gasteiger partial charge in [-0.05, 0) is 33.2 Å². The number of likely N-dealkylation sites (N-methyl/N-ethyl adjacent to an activating group) is 1. The minimum absolute atomic E-state index is 0.0827. The number of hydrogen-bond acceptors (Lipinski definition) is 3. The summed E-state index contributed by atoms with van der Waals surface area (Å²) in [6.45, 7) is 4.65. The lowest BCUT2D eigenvalue weighted by Crippen LogP contribution is -2.54. The first-order valence-corrected chi connectivity index (χ1v) is 7.21. The number of carbonyl (C=O) groups excluding carboxylic acids is 1. The van der Waals surface area contributed by atoms with Gasteiger partial charge < -0.3 is 14.9 Å². The smallest absolute Gasteiger partial charge is 0.306 e. The summed E-state index contributed by atoms with van der Waals surface area (Å²) in [7, 11) is 2.07. The molecule has 1 aliphatic heterocycles. The Bertz CT molecular complexity index is 359. The second-order valence-corrected chi connectivity index (χ2v) is 6.04. The quantitative estimate of drug-likeness (QED) is 0.813. The second kappa shape index (κ2) is 5.90. The van der Waals surface area contributed by atoms with Crippen LogP contribution in [0.4, 0.5) is 0 Å². The molecular formula is C14H24N2O3. The van der Waals surface area contributed by atoms with Gasteiger partial charge in [0.2, 0.25) is 5.91 Å². The maximum atomic E-state index is 12.6. The minimum Gasteiger partial charge on any atom is -0.481 e. The normalized spacial score (nSPS) is 33.2. The summed E-state index contributed by atoms with van der Waals surface area (Å²) >= 11 is 0. The molecule has 0 aromatic heterocycles. The van der Waals surface area contributed by atoms with Gasteiger partial charge >= 0.3 is 5.97 Å². The van der Waals surface area contributed by atoms with E-state index in [1.54, 1.807) is 0 Å². The Morgan fingerprint density at radius 2 is 1.84 bits per heavy atom. The van der Waals surface area contributed by atoms with Gasteiger partial charge in [0.05, 0.1) is 5.92 Å². The Balaban J connectivity index is 1.97. The van der Waals surface area contributed by atoms with E-state index in [0.717, 1.165) is 38.9 Å². The molecule has 19 heavy (non-hydrogen) atoms. The summed E-state index contributed by atoms with van der Waals surface area (Å²) in [4.78, 5) is 27.8. The largest absolute Gasteiger partial charge is 0.481 e. The third-order valence-electron chi connectivity index (χ3n) is 4.49. The molecule has 2 rings (SSSR count). The van der Waals surface area contributed by atoms with E-state index in [0.29, 0.717) is 6.42 Å². The molecule has 5 heteroatoms. The maximum absolute atomic E-state index is 12.6. The number of carbonyl (C=O) groups is 2. The molecule has 0 radical (unpaired) electrons. The van der Waals surface area contributed by atoms with Crippen LogP contribution in [0.25, 0.3) is 0 Å². The van der Waals surface area contributed by atoms with E-state index in [1.807, 2.05) is 4.90 Å². The average molecular weight is 268 g/mol. The molecule has 0 aromatic carbocycles. The molecule has 1 N–H and O–H groups in total. The summed E-state index contributed by atoms with van der Waals surface area (Å²) < 4.78 is 0. The number of rotatable bonds is 2.